The summed E-state index contributed by atoms with van der Waals surface area (Å²) < 4.78 is 1.54. The average molecular weight is 278 g/mol. The van der Waals surface area contributed by atoms with E-state index in [-0.39, 0.29) is 0 Å². The van der Waals surface area contributed by atoms with Crippen molar-refractivity contribution in [2.45, 2.75) is 0 Å². The molecule has 0 atom stereocenters. The Morgan fingerprint density at radius 2 is 1.91 bits per heavy atom. The average Bonchev–Trinajstić information content (AvgIpc) is 2.45. The Morgan fingerprint density at radius 3 is 2.64 bits per heavy atom. The number of pyridine rings is 1. The van der Waals surface area contributed by atoms with Crippen LogP contribution in [0.25, 0.3) is 11.0 Å². The van der Waals surface area contributed by atoms with Crippen LogP contribution in [0.1, 0.15) is 0 Å². The van der Waals surface area contributed by atoms with E-state index in [1.165, 1.54) is 0 Å². The Kier molecular flexibility index (Phi) is 1.65. The highest BCUT2D eigenvalue weighted by molar-refractivity contribution is 9.11. The smallest absolute Gasteiger partial charge is 0.146 e. The van der Waals surface area contributed by atoms with E-state index in [9.17, 15) is 0 Å². The van der Waals surface area contributed by atoms with E-state index in [1.54, 1.807) is 6.20 Å². The van der Waals surface area contributed by atoms with Gasteiger partial charge < -0.3 is 0 Å². The van der Waals surface area contributed by atoms with Crippen LogP contribution in [-0.2, 0) is 0 Å². The van der Waals surface area contributed by atoms with Crippen molar-refractivity contribution in [3.05, 3.63) is 15.3 Å². The summed E-state index contributed by atoms with van der Waals surface area (Å²) in [5.74, 6) is 0. The number of aromatic nitrogens is 4. The minimum atomic E-state index is 0.699. The molecule has 11 heavy (non-hydrogen) atoms. The number of hydrogen-bond donors (Lipinski definition) is 1. The number of halogens is 2. The number of hydrogen-bond acceptors (Lipinski definition) is 3. The summed E-state index contributed by atoms with van der Waals surface area (Å²) in [7, 11) is 0. The first-order valence-corrected chi connectivity index (χ1v) is 4.38. The van der Waals surface area contributed by atoms with Gasteiger partial charge >= 0.3 is 0 Å². The van der Waals surface area contributed by atoms with Crippen LogP contribution < -0.4 is 0 Å². The number of nitrogens with one attached hydrogen (secondary N) is 1. The predicted octanol–water partition coefficient (Wildman–Crippen LogP) is 1.88. The fraction of sp³-hybridized carbons (Fsp3) is 0. The summed E-state index contributed by atoms with van der Waals surface area (Å²) in [6, 6.07) is 0. The van der Waals surface area contributed by atoms with Crippen molar-refractivity contribution in [3.8, 4) is 0 Å². The maximum atomic E-state index is 4.03. The molecule has 0 bridgehead atoms. The molecule has 2 rings (SSSR count). The lowest BCUT2D eigenvalue weighted by Crippen LogP contribution is -1.78. The fourth-order valence-corrected chi connectivity index (χ4v) is 1.53. The van der Waals surface area contributed by atoms with Gasteiger partial charge in [0.15, 0.2) is 0 Å². The van der Waals surface area contributed by atoms with Crippen LogP contribution in [0.5, 0.6) is 0 Å². The van der Waals surface area contributed by atoms with Crippen LogP contribution >= 0.6 is 31.9 Å². The lowest BCUT2D eigenvalue weighted by molar-refractivity contribution is 0.958. The summed E-state index contributed by atoms with van der Waals surface area (Å²) in [5.41, 5.74) is 1.52. The number of aromatic amines is 1. The van der Waals surface area contributed by atoms with Gasteiger partial charge in [-0.3, -0.25) is 0 Å². The zero-order valence-corrected chi connectivity index (χ0v) is 8.35. The van der Waals surface area contributed by atoms with Crippen molar-refractivity contribution in [2.75, 3.05) is 0 Å². The maximum Gasteiger partial charge on any atom is 0.146 e. The second-order valence-electron chi connectivity index (χ2n) is 1.92. The second kappa shape index (κ2) is 2.53. The fourth-order valence-electron chi connectivity index (χ4n) is 0.777. The van der Waals surface area contributed by atoms with Gasteiger partial charge in [0, 0.05) is 6.20 Å². The van der Waals surface area contributed by atoms with Crippen LogP contribution in [0.15, 0.2) is 15.3 Å². The third kappa shape index (κ3) is 1.06. The first-order valence-electron chi connectivity index (χ1n) is 2.79. The molecule has 0 aliphatic rings. The van der Waals surface area contributed by atoms with E-state index < -0.39 is 0 Å². The summed E-state index contributed by atoms with van der Waals surface area (Å²) in [4.78, 5) is 4.03. The first kappa shape index (κ1) is 7.17. The molecule has 0 saturated carbocycles. The maximum absolute atomic E-state index is 4.03. The number of rotatable bonds is 0. The molecular weight excluding hydrogens is 276 g/mol. The van der Waals surface area contributed by atoms with Gasteiger partial charge in [0.2, 0.25) is 0 Å². The predicted molar refractivity (Wildman–Crippen MR) is 47.1 cm³/mol. The van der Waals surface area contributed by atoms with Crippen molar-refractivity contribution in [1.82, 2.24) is 20.4 Å². The molecule has 56 valence electrons. The van der Waals surface area contributed by atoms with E-state index in [0.717, 1.165) is 15.5 Å². The van der Waals surface area contributed by atoms with E-state index in [1.807, 2.05) is 0 Å². The highest BCUT2D eigenvalue weighted by atomic mass is 79.9. The third-order valence-corrected chi connectivity index (χ3v) is 2.42. The Bertz CT molecular complexity index is 360. The highest BCUT2D eigenvalue weighted by Gasteiger charge is 2.06. The van der Waals surface area contributed by atoms with Crippen LogP contribution in [-0.4, -0.2) is 20.4 Å². The van der Waals surface area contributed by atoms with Gasteiger partial charge in [0.25, 0.3) is 0 Å². The molecule has 0 spiro atoms. The molecule has 0 fully saturated rings. The number of nitrogens with zero attached hydrogens (tertiary/aromatic N) is 3. The van der Waals surface area contributed by atoms with Crippen LogP contribution in [0.4, 0.5) is 0 Å². The van der Waals surface area contributed by atoms with Crippen molar-refractivity contribution >= 4 is 42.9 Å². The Hall–Kier alpha value is -0.490. The monoisotopic (exact) mass is 276 g/mol. The van der Waals surface area contributed by atoms with Gasteiger partial charge in [-0.2, -0.15) is 15.4 Å². The number of H-pyrrole nitrogens is 1. The van der Waals surface area contributed by atoms with Crippen LogP contribution in [0.3, 0.4) is 0 Å². The molecule has 0 unspecified atom stereocenters. The van der Waals surface area contributed by atoms with Crippen molar-refractivity contribution in [2.24, 2.45) is 0 Å². The lowest BCUT2D eigenvalue weighted by atomic mass is 10.4. The molecule has 4 nitrogen and oxygen atoms in total. The summed E-state index contributed by atoms with van der Waals surface area (Å²) in [6.07, 6.45) is 1.68. The quantitative estimate of drug-likeness (QED) is 0.748. The van der Waals surface area contributed by atoms with Gasteiger partial charge in [0.1, 0.15) is 15.6 Å². The highest BCUT2D eigenvalue weighted by Crippen LogP contribution is 2.23. The first-order chi connectivity index (χ1) is 5.29. The standard InChI is InChI=1S/C5H2Br2N4/c6-2-1-8-5(7)4-3(2)9-11-10-4/h1H,(H,9,10,11). The second-order valence-corrected chi connectivity index (χ2v) is 3.52. The zero-order valence-electron chi connectivity index (χ0n) is 5.17. The number of fused-ring (bicyclic) bond motifs is 1. The lowest BCUT2D eigenvalue weighted by Gasteiger charge is -1.90. The van der Waals surface area contributed by atoms with Gasteiger partial charge in [0.05, 0.1) is 4.47 Å². The zero-order chi connectivity index (χ0) is 7.84. The van der Waals surface area contributed by atoms with E-state index in [2.05, 4.69) is 52.3 Å². The van der Waals surface area contributed by atoms with Gasteiger partial charge in [-0.05, 0) is 31.9 Å². The SMILES string of the molecule is Brc1cnc(Br)c2n[nH]nc12. The van der Waals surface area contributed by atoms with Crippen LogP contribution in [0, 0.1) is 0 Å². The van der Waals surface area contributed by atoms with Crippen molar-refractivity contribution in [1.29, 1.82) is 0 Å². The molecule has 2 aromatic heterocycles. The Balaban J connectivity index is 2.96. The van der Waals surface area contributed by atoms with Gasteiger partial charge in [-0.25, -0.2) is 4.98 Å². The van der Waals surface area contributed by atoms with E-state index >= 15 is 0 Å². The third-order valence-electron chi connectivity index (χ3n) is 1.26. The molecule has 6 heteroatoms. The molecule has 2 aromatic rings. The normalized spacial score (nSPS) is 10.7. The van der Waals surface area contributed by atoms with E-state index in [0.29, 0.717) is 4.60 Å². The molecule has 0 amide bonds. The summed E-state index contributed by atoms with van der Waals surface area (Å²) in [6.45, 7) is 0. The molecule has 2 heterocycles. The minimum Gasteiger partial charge on any atom is -0.246 e. The Morgan fingerprint density at radius 1 is 1.18 bits per heavy atom. The molecule has 0 aliphatic heterocycles. The molecule has 1 N–H and O–H groups in total. The molecule has 0 radical (unpaired) electrons. The molecule has 0 aromatic carbocycles. The van der Waals surface area contributed by atoms with E-state index in [4.69, 9.17) is 0 Å². The molecule has 0 saturated heterocycles. The topological polar surface area (TPSA) is 54.5 Å². The Labute approximate surface area is 78.7 Å². The summed E-state index contributed by atoms with van der Waals surface area (Å²) >= 11 is 6.56. The van der Waals surface area contributed by atoms with Crippen molar-refractivity contribution < 1.29 is 0 Å². The van der Waals surface area contributed by atoms with Gasteiger partial charge in [-0.15, -0.1) is 0 Å². The molecule has 0 aliphatic carbocycles. The van der Waals surface area contributed by atoms with Crippen molar-refractivity contribution in [3.63, 3.8) is 0 Å². The molecular formula is C5H2Br2N4. The minimum absolute atomic E-state index is 0.699. The summed E-state index contributed by atoms with van der Waals surface area (Å²) in [5, 5.41) is 10.3. The van der Waals surface area contributed by atoms with Gasteiger partial charge in [-0.1, -0.05) is 0 Å². The largest absolute Gasteiger partial charge is 0.246 e. The van der Waals surface area contributed by atoms with Crippen LogP contribution in [0.2, 0.25) is 0 Å².